The molecule has 1 aliphatic carbocycles. The van der Waals surface area contributed by atoms with Crippen LogP contribution in [0.4, 0.5) is 0 Å². The van der Waals surface area contributed by atoms with E-state index in [0.717, 1.165) is 37.8 Å². The second-order valence-electron chi connectivity index (χ2n) is 6.31. The standard InChI is InChI=1S/C18H31N3O2/c1-3-18(9-6-10-18)15-21-17(19-4-2)20-11-7-12-22-14-16-8-5-13-23-16/h5,8,13H,3-4,6-7,9-12,14-15H2,1-2H3,(H2,19,20,21). The summed E-state index contributed by atoms with van der Waals surface area (Å²) >= 11 is 0. The predicted octanol–water partition coefficient (Wildman–Crippen LogP) is 3.32. The maximum atomic E-state index is 5.58. The van der Waals surface area contributed by atoms with Crippen LogP contribution in [-0.4, -0.2) is 32.2 Å². The third-order valence-corrected chi connectivity index (χ3v) is 4.66. The van der Waals surface area contributed by atoms with E-state index in [9.17, 15) is 0 Å². The molecule has 1 heterocycles. The molecular weight excluding hydrogens is 290 g/mol. The summed E-state index contributed by atoms with van der Waals surface area (Å²) < 4.78 is 10.8. The second-order valence-corrected chi connectivity index (χ2v) is 6.31. The fourth-order valence-electron chi connectivity index (χ4n) is 2.84. The van der Waals surface area contributed by atoms with Crippen molar-refractivity contribution in [2.24, 2.45) is 10.4 Å². The van der Waals surface area contributed by atoms with Crippen LogP contribution in [0.2, 0.25) is 0 Å². The first kappa shape index (κ1) is 17.9. The van der Waals surface area contributed by atoms with E-state index in [1.165, 1.54) is 25.7 Å². The summed E-state index contributed by atoms with van der Waals surface area (Å²) in [7, 11) is 0. The minimum Gasteiger partial charge on any atom is -0.467 e. The van der Waals surface area contributed by atoms with Crippen molar-refractivity contribution in [2.45, 2.75) is 52.6 Å². The topological polar surface area (TPSA) is 58.8 Å². The van der Waals surface area contributed by atoms with Crippen LogP contribution < -0.4 is 10.6 Å². The van der Waals surface area contributed by atoms with Gasteiger partial charge < -0.3 is 19.8 Å². The molecule has 0 radical (unpaired) electrons. The smallest absolute Gasteiger partial charge is 0.191 e. The molecule has 23 heavy (non-hydrogen) atoms. The van der Waals surface area contributed by atoms with E-state index in [4.69, 9.17) is 14.1 Å². The summed E-state index contributed by atoms with van der Waals surface area (Å²) in [6, 6.07) is 3.81. The number of ether oxygens (including phenoxy) is 1. The van der Waals surface area contributed by atoms with Gasteiger partial charge in [-0.1, -0.05) is 13.3 Å². The summed E-state index contributed by atoms with van der Waals surface area (Å²) in [6.45, 7) is 8.33. The van der Waals surface area contributed by atoms with Gasteiger partial charge in [-0.15, -0.1) is 0 Å². The molecule has 0 atom stereocenters. The van der Waals surface area contributed by atoms with Crippen LogP contribution in [0.25, 0.3) is 0 Å². The van der Waals surface area contributed by atoms with Crippen molar-refractivity contribution in [1.82, 2.24) is 10.6 Å². The zero-order chi connectivity index (χ0) is 16.4. The maximum absolute atomic E-state index is 5.58. The van der Waals surface area contributed by atoms with Crippen molar-refractivity contribution in [1.29, 1.82) is 0 Å². The Labute approximate surface area is 139 Å². The van der Waals surface area contributed by atoms with Crippen LogP contribution in [-0.2, 0) is 11.3 Å². The third-order valence-electron chi connectivity index (χ3n) is 4.66. The van der Waals surface area contributed by atoms with Gasteiger partial charge in [0.15, 0.2) is 5.96 Å². The van der Waals surface area contributed by atoms with Crippen molar-refractivity contribution < 1.29 is 9.15 Å². The highest BCUT2D eigenvalue weighted by atomic mass is 16.5. The van der Waals surface area contributed by atoms with Crippen LogP contribution >= 0.6 is 0 Å². The molecule has 130 valence electrons. The minimum atomic E-state index is 0.467. The Bertz CT molecular complexity index is 447. The predicted molar refractivity (Wildman–Crippen MR) is 93.5 cm³/mol. The van der Waals surface area contributed by atoms with E-state index in [1.807, 2.05) is 12.1 Å². The number of guanidine groups is 1. The highest BCUT2D eigenvalue weighted by Crippen LogP contribution is 2.43. The fourth-order valence-corrected chi connectivity index (χ4v) is 2.84. The third kappa shape index (κ3) is 5.90. The Morgan fingerprint density at radius 3 is 2.83 bits per heavy atom. The monoisotopic (exact) mass is 321 g/mol. The average molecular weight is 321 g/mol. The first-order chi connectivity index (χ1) is 11.3. The molecule has 1 aromatic heterocycles. The van der Waals surface area contributed by atoms with Gasteiger partial charge in [0.05, 0.1) is 6.26 Å². The van der Waals surface area contributed by atoms with Crippen molar-refractivity contribution >= 4 is 5.96 Å². The zero-order valence-corrected chi connectivity index (χ0v) is 14.6. The lowest BCUT2D eigenvalue weighted by Crippen LogP contribution is -2.40. The summed E-state index contributed by atoms with van der Waals surface area (Å²) in [5, 5.41) is 6.72. The molecule has 2 rings (SSSR count). The van der Waals surface area contributed by atoms with Gasteiger partial charge in [0, 0.05) is 26.2 Å². The Morgan fingerprint density at radius 1 is 1.35 bits per heavy atom. The normalized spacial score (nSPS) is 16.9. The van der Waals surface area contributed by atoms with E-state index in [2.05, 4.69) is 24.5 Å². The van der Waals surface area contributed by atoms with Gasteiger partial charge in [-0.05, 0) is 50.2 Å². The molecule has 0 unspecified atom stereocenters. The molecule has 0 saturated heterocycles. The van der Waals surface area contributed by atoms with Gasteiger partial charge in [-0.25, -0.2) is 0 Å². The van der Waals surface area contributed by atoms with Gasteiger partial charge in [-0.2, -0.15) is 0 Å². The molecule has 0 aromatic carbocycles. The van der Waals surface area contributed by atoms with E-state index in [1.54, 1.807) is 6.26 Å². The lowest BCUT2D eigenvalue weighted by atomic mass is 9.67. The first-order valence-corrected chi connectivity index (χ1v) is 8.90. The summed E-state index contributed by atoms with van der Waals surface area (Å²) in [6.07, 6.45) is 7.87. The quantitative estimate of drug-likeness (QED) is 0.394. The molecule has 0 amide bonds. The number of nitrogens with one attached hydrogen (secondary N) is 2. The number of aliphatic imine (C=N–C) groups is 1. The Morgan fingerprint density at radius 2 is 2.22 bits per heavy atom. The van der Waals surface area contributed by atoms with Gasteiger partial charge in [0.1, 0.15) is 12.4 Å². The number of rotatable bonds is 10. The molecule has 0 bridgehead atoms. The molecule has 0 aliphatic heterocycles. The molecular formula is C18H31N3O2. The Kier molecular flexibility index (Phi) is 7.46. The van der Waals surface area contributed by atoms with Crippen molar-refractivity contribution in [3.63, 3.8) is 0 Å². The SMILES string of the molecule is CCNC(=NCC1(CC)CCC1)NCCCOCc1ccco1. The molecule has 0 spiro atoms. The molecule has 1 aromatic rings. The zero-order valence-electron chi connectivity index (χ0n) is 14.6. The fraction of sp³-hybridized carbons (Fsp3) is 0.722. The van der Waals surface area contributed by atoms with Crippen LogP contribution in [0.15, 0.2) is 27.8 Å². The molecule has 2 N–H and O–H groups in total. The molecule has 1 saturated carbocycles. The van der Waals surface area contributed by atoms with E-state index in [0.29, 0.717) is 18.6 Å². The maximum Gasteiger partial charge on any atom is 0.191 e. The number of hydrogen-bond acceptors (Lipinski definition) is 3. The van der Waals surface area contributed by atoms with Crippen LogP contribution in [0.3, 0.4) is 0 Å². The Balaban J connectivity index is 1.61. The highest BCUT2D eigenvalue weighted by molar-refractivity contribution is 5.79. The second kappa shape index (κ2) is 9.60. The van der Waals surface area contributed by atoms with Gasteiger partial charge in [-0.3, -0.25) is 4.99 Å². The van der Waals surface area contributed by atoms with Crippen molar-refractivity contribution in [2.75, 3.05) is 26.2 Å². The molecule has 5 heteroatoms. The largest absolute Gasteiger partial charge is 0.467 e. The average Bonchev–Trinajstić information content (AvgIpc) is 3.03. The van der Waals surface area contributed by atoms with E-state index < -0.39 is 0 Å². The van der Waals surface area contributed by atoms with Crippen LogP contribution in [0.5, 0.6) is 0 Å². The van der Waals surface area contributed by atoms with Gasteiger partial charge >= 0.3 is 0 Å². The lowest BCUT2D eigenvalue weighted by Gasteiger charge is -2.40. The number of nitrogens with zero attached hydrogens (tertiary/aromatic N) is 1. The van der Waals surface area contributed by atoms with E-state index in [-0.39, 0.29) is 0 Å². The highest BCUT2D eigenvalue weighted by Gasteiger charge is 2.34. The minimum absolute atomic E-state index is 0.467. The van der Waals surface area contributed by atoms with Crippen LogP contribution in [0, 0.1) is 5.41 Å². The van der Waals surface area contributed by atoms with Gasteiger partial charge in [0.2, 0.25) is 0 Å². The summed E-state index contributed by atoms with van der Waals surface area (Å²) in [4.78, 5) is 4.78. The number of furan rings is 1. The molecule has 1 aliphatic rings. The molecule has 1 fully saturated rings. The van der Waals surface area contributed by atoms with Gasteiger partial charge in [0.25, 0.3) is 0 Å². The lowest BCUT2D eigenvalue weighted by molar-refractivity contribution is 0.105. The van der Waals surface area contributed by atoms with Crippen molar-refractivity contribution in [3.8, 4) is 0 Å². The van der Waals surface area contributed by atoms with Crippen molar-refractivity contribution in [3.05, 3.63) is 24.2 Å². The number of hydrogen-bond donors (Lipinski definition) is 2. The van der Waals surface area contributed by atoms with E-state index >= 15 is 0 Å². The first-order valence-electron chi connectivity index (χ1n) is 8.90. The Hall–Kier alpha value is -1.49. The summed E-state index contributed by atoms with van der Waals surface area (Å²) in [5.41, 5.74) is 0.467. The molecule has 5 nitrogen and oxygen atoms in total. The van der Waals surface area contributed by atoms with Crippen LogP contribution in [0.1, 0.15) is 51.7 Å². The summed E-state index contributed by atoms with van der Waals surface area (Å²) in [5.74, 6) is 1.80.